The fourth-order valence-corrected chi connectivity index (χ4v) is 2.32. The van der Waals surface area contributed by atoms with Crippen molar-refractivity contribution in [2.24, 2.45) is 0 Å². The number of aliphatic hydroxyl groups is 1. The molecule has 3 nitrogen and oxygen atoms in total. The van der Waals surface area contributed by atoms with E-state index in [0.717, 1.165) is 23.3 Å². The third-order valence-electron chi connectivity index (χ3n) is 3.90. The zero-order chi connectivity index (χ0) is 17.9. The molecule has 1 amide bonds. The van der Waals surface area contributed by atoms with Gasteiger partial charge >= 0.3 is 6.18 Å². The van der Waals surface area contributed by atoms with Gasteiger partial charge in [0.05, 0.1) is 11.7 Å². The molecule has 0 aliphatic heterocycles. The van der Waals surface area contributed by atoms with Crippen molar-refractivity contribution in [2.45, 2.75) is 26.1 Å². The molecule has 1 atom stereocenters. The van der Waals surface area contributed by atoms with Gasteiger partial charge in [-0.05, 0) is 48.7 Å². The number of benzene rings is 2. The van der Waals surface area contributed by atoms with Crippen LogP contribution in [0.15, 0.2) is 42.5 Å². The number of alkyl halides is 3. The second-order valence-corrected chi connectivity index (χ2v) is 5.60. The van der Waals surface area contributed by atoms with Crippen molar-refractivity contribution in [3.05, 3.63) is 70.3 Å². The molecule has 0 fully saturated rings. The minimum Gasteiger partial charge on any atom is -0.387 e. The van der Waals surface area contributed by atoms with Gasteiger partial charge in [-0.1, -0.05) is 24.3 Å². The molecule has 2 aromatic carbocycles. The van der Waals surface area contributed by atoms with Gasteiger partial charge < -0.3 is 10.4 Å². The molecule has 128 valence electrons. The van der Waals surface area contributed by atoms with E-state index >= 15 is 0 Å². The predicted molar refractivity (Wildman–Crippen MR) is 84.7 cm³/mol. The average molecular weight is 337 g/mol. The molecule has 2 aromatic rings. The number of carbonyl (C=O) groups excluding carboxylic acids is 1. The molecule has 24 heavy (non-hydrogen) atoms. The Morgan fingerprint density at radius 2 is 1.83 bits per heavy atom. The fourth-order valence-electron chi connectivity index (χ4n) is 2.32. The van der Waals surface area contributed by atoms with Crippen LogP contribution in [-0.2, 0) is 6.18 Å². The van der Waals surface area contributed by atoms with Crippen molar-refractivity contribution >= 4 is 5.91 Å². The van der Waals surface area contributed by atoms with E-state index in [9.17, 15) is 23.1 Å². The van der Waals surface area contributed by atoms with E-state index in [1.165, 1.54) is 12.1 Å². The van der Waals surface area contributed by atoms with Crippen molar-refractivity contribution in [2.75, 3.05) is 6.54 Å². The summed E-state index contributed by atoms with van der Waals surface area (Å²) < 4.78 is 38.1. The van der Waals surface area contributed by atoms with Crippen LogP contribution in [0.4, 0.5) is 13.2 Å². The standard InChI is InChI=1S/C18H18F3NO2/c1-11-5-3-8-15(12(11)2)17(24)22-10-16(23)13-6-4-7-14(9-13)18(19,20)21/h3-9,16,23H,10H2,1-2H3,(H,22,24). The Labute approximate surface area is 138 Å². The Hall–Kier alpha value is -2.34. The van der Waals surface area contributed by atoms with Gasteiger partial charge in [0.1, 0.15) is 0 Å². The van der Waals surface area contributed by atoms with Gasteiger partial charge in [0.25, 0.3) is 5.91 Å². The lowest BCUT2D eigenvalue weighted by molar-refractivity contribution is -0.137. The van der Waals surface area contributed by atoms with Gasteiger partial charge in [0, 0.05) is 12.1 Å². The Morgan fingerprint density at radius 1 is 1.17 bits per heavy atom. The molecule has 2 N–H and O–H groups in total. The van der Waals surface area contributed by atoms with Crippen molar-refractivity contribution in [3.8, 4) is 0 Å². The maximum absolute atomic E-state index is 12.7. The SMILES string of the molecule is Cc1cccc(C(=O)NCC(O)c2cccc(C(F)(F)F)c2)c1C. The Kier molecular flexibility index (Phi) is 5.29. The molecule has 0 saturated carbocycles. The summed E-state index contributed by atoms with van der Waals surface area (Å²) in [5, 5.41) is 12.6. The molecule has 0 radical (unpaired) electrons. The molecule has 0 spiro atoms. The summed E-state index contributed by atoms with van der Waals surface area (Å²) in [6.07, 6.45) is -5.70. The zero-order valence-electron chi connectivity index (χ0n) is 13.3. The first-order chi connectivity index (χ1) is 11.2. The molecular formula is C18H18F3NO2. The summed E-state index contributed by atoms with van der Waals surface area (Å²) in [7, 11) is 0. The second-order valence-electron chi connectivity index (χ2n) is 5.60. The molecule has 0 aliphatic carbocycles. The van der Waals surface area contributed by atoms with E-state index in [1.54, 1.807) is 12.1 Å². The highest BCUT2D eigenvalue weighted by Gasteiger charge is 2.30. The number of rotatable bonds is 4. The predicted octanol–water partition coefficient (Wildman–Crippen LogP) is 3.79. The molecule has 0 aromatic heterocycles. The van der Waals surface area contributed by atoms with Crippen LogP contribution in [-0.4, -0.2) is 17.6 Å². The third kappa shape index (κ3) is 4.14. The quantitative estimate of drug-likeness (QED) is 0.892. The molecule has 0 bridgehead atoms. The van der Waals surface area contributed by atoms with E-state index < -0.39 is 17.8 Å². The molecule has 1 unspecified atom stereocenters. The summed E-state index contributed by atoms with van der Waals surface area (Å²) in [6.45, 7) is 3.52. The summed E-state index contributed by atoms with van der Waals surface area (Å²) in [6, 6.07) is 9.73. The number of aliphatic hydroxyl groups excluding tert-OH is 1. The normalized spacial score (nSPS) is 12.8. The van der Waals surface area contributed by atoms with E-state index in [2.05, 4.69) is 5.32 Å². The van der Waals surface area contributed by atoms with Gasteiger partial charge in [-0.2, -0.15) is 13.2 Å². The van der Waals surface area contributed by atoms with E-state index in [0.29, 0.717) is 5.56 Å². The number of aryl methyl sites for hydroxylation is 1. The van der Waals surface area contributed by atoms with Crippen LogP contribution < -0.4 is 5.32 Å². The van der Waals surface area contributed by atoms with Gasteiger partial charge in [0.15, 0.2) is 0 Å². The van der Waals surface area contributed by atoms with E-state index in [1.807, 2.05) is 19.9 Å². The highest BCUT2D eigenvalue weighted by molar-refractivity contribution is 5.95. The highest BCUT2D eigenvalue weighted by atomic mass is 19.4. The number of nitrogens with one attached hydrogen (secondary N) is 1. The summed E-state index contributed by atoms with van der Waals surface area (Å²) in [5.74, 6) is -0.373. The first kappa shape index (κ1) is 18.0. The number of halogens is 3. The average Bonchev–Trinajstić information content (AvgIpc) is 2.54. The first-order valence-corrected chi connectivity index (χ1v) is 7.40. The lowest BCUT2D eigenvalue weighted by Gasteiger charge is -2.15. The number of hydrogen-bond acceptors (Lipinski definition) is 2. The molecule has 0 saturated heterocycles. The van der Waals surface area contributed by atoms with Crippen molar-refractivity contribution < 1.29 is 23.1 Å². The van der Waals surface area contributed by atoms with Gasteiger partial charge in [-0.25, -0.2) is 0 Å². The van der Waals surface area contributed by atoms with Crippen LogP contribution in [0.3, 0.4) is 0 Å². The minimum absolute atomic E-state index is 0.103. The van der Waals surface area contributed by atoms with Crippen LogP contribution in [0.5, 0.6) is 0 Å². The van der Waals surface area contributed by atoms with E-state index in [-0.39, 0.29) is 18.0 Å². The maximum atomic E-state index is 12.7. The molecule has 2 rings (SSSR count). The van der Waals surface area contributed by atoms with Crippen LogP contribution >= 0.6 is 0 Å². The third-order valence-corrected chi connectivity index (χ3v) is 3.90. The molecular weight excluding hydrogens is 319 g/mol. The molecule has 6 heteroatoms. The van der Waals surface area contributed by atoms with Gasteiger partial charge in [0.2, 0.25) is 0 Å². The number of carbonyl (C=O) groups is 1. The van der Waals surface area contributed by atoms with Gasteiger partial charge in [-0.15, -0.1) is 0 Å². The highest BCUT2D eigenvalue weighted by Crippen LogP contribution is 2.30. The summed E-state index contributed by atoms with van der Waals surface area (Å²) in [5.41, 5.74) is 1.53. The summed E-state index contributed by atoms with van der Waals surface area (Å²) >= 11 is 0. The number of amides is 1. The Balaban J connectivity index is 2.07. The molecule has 0 heterocycles. The van der Waals surface area contributed by atoms with Crippen molar-refractivity contribution in [3.63, 3.8) is 0 Å². The number of hydrogen-bond donors (Lipinski definition) is 2. The smallest absolute Gasteiger partial charge is 0.387 e. The van der Waals surface area contributed by atoms with E-state index in [4.69, 9.17) is 0 Å². The lowest BCUT2D eigenvalue weighted by Crippen LogP contribution is -2.29. The summed E-state index contributed by atoms with van der Waals surface area (Å²) in [4.78, 5) is 12.2. The first-order valence-electron chi connectivity index (χ1n) is 7.40. The zero-order valence-corrected chi connectivity index (χ0v) is 13.3. The van der Waals surface area contributed by atoms with Crippen molar-refractivity contribution in [1.29, 1.82) is 0 Å². The maximum Gasteiger partial charge on any atom is 0.416 e. The Morgan fingerprint density at radius 3 is 2.50 bits per heavy atom. The van der Waals surface area contributed by atoms with Crippen molar-refractivity contribution in [1.82, 2.24) is 5.32 Å². The van der Waals surface area contributed by atoms with Crippen LogP contribution in [0.1, 0.15) is 38.7 Å². The van der Waals surface area contributed by atoms with Gasteiger partial charge in [-0.3, -0.25) is 4.79 Å². The largest absolute Gasteiger partial charge is 0.416 e. The minimum atomic E-state index is -4.47. The monoisotopic (exact) mass is 337 g/mol. The second kappa shape index (κ2) is 7.05. The van der Waals surface area contributed by atoms with Crippen LogP contribution in [0.25, 0.3) is 0 Å². The Bertz CT molecular complexity index is 741. The fraction of sp³-hybridized carbons (Fsp3) is 0.278. The van der Waals surface area contributed by atoms with Crippen LogP contribution in [0, 0.1) is 13.8 Å². The topological polar surface area (TPSA) is 49.3 Å². The molecule has 0 aliphatic rings. The van der Waals surface area contributed by atoms with Crippen LogP contribution in [0.2, 0.25) is 0 Å². The lowest BCUT2D eigenvalue weighted by atomic mass is 10.0.